The number of nitrogens with one attached hydrogen (secondary N) is 1. The normalized spacial score (nSPS) is 23.6. The van der Waals surface area contributed by atoms with E-state index in [9.17, 15) is 8.42 Å². The van der Waals surface area contributed by atoms with Gasteiger partial charge in [-0.05, 0) is 43.9 Å². The number of rotatable bonds is 4. The van der Waals surface area contributed by atoms with E-state index in [1.807, 2.05) is 0 Å². The second-order valence-corrected chi connectivity index (χ2v) is 7.15. The lowest BCUT2D eigenvalue weighted by Gasteiger charge is -2.26. The maximum atomic E-state index is 12.4. The van der Waals surface area contributed by atoms with E-state index in [0.717, 1.165) is 25.7 Å². The van der Waals surface area contributed by atoms with Crippen molar-refractivity contribution in [3.8, 4) is 5.75 Å². The minimum atomic E-state index is -3.64. The molecule has 5 nitrogen and oxygen atoms in total. The van der Waals surface area contributed by atoms with Gasteiger partial charge >= 0.3 is 0 Å². The number of benzene rings is 1. The highest BCUT2D eigenvalue weighted by Gasteiger charge is 2.26. The molecule has 0 heterocycles. The number of methoxy groups -OCH3 is 1. The van der Waals surface area contributed by atoms with Crippen LogP contribution in [0.25, 0.3) is 0 Å². The van der Waals surface area contributed by atoms with Gasteiger partial charge in [-0.1, -0.05) is 11.6 Å². The van der Waals surface area contributed by atoms with Gasteiger partial charge in [0, 0.05) is 17.1 Å². The Labute approximate surface area is 124 Å². The van der Waals surface area contributed by atoms with Crippen LogP contribution < -0.4 is 15.2 Å². The molecule has 0 atom stereocenters. The minimum absolute atomic E-state index is 0.0716. The molecule has 1 aliphatic rings. The first kappa shape index (κ1) is 15.6. The van der Waals surface area contributed by atoms with Crippen LogP contribution >= 0.6 is 11.6 Å². The van der Waals surface area contributed by atoms with E-state index in [-0.39, 0.29) is 22.7 Å². The smallest absolute Gasteiger partial charge is 0.244 e. The van der Waals surface area contributed by atoms with Crippen molar-refractivity contribution in [2.24, 2.45) is 5.73 Å². The molecule has 0 aromatic heterocycles. The molecule has 0 radical (unpaired) electrons. The minimum Gasteiger partial charge on any atom is -0.495 e. The molecule has 7 heteroatoms. The van der Waals surface area contributed by atoms with Gasteiger partial charge < -0.3 is 10.5 Å². The number of hydrogen-bond acceptors (Lipinski definition) is 4. The lowest BCUT2D eigenvalue weighted by molar-refractivity contribution is 0.371. The SMILES string of the molecule is COc1ccc(Cl)cc1S(=O)(=O)NC1CCC(N)CC1. The molecule has 0 spiro atoms. The van der Waals surface area contributed by atoms with Crippen LogP contribution in [0.3, 0.4) is 0 Å². The van der Waals surface area contributed by atoms with Gasteiger partial charge in [-0.2, -0.15) is 0 Å². The molecule has 20 heavy (non-hydrogen) atoms. The van der Waals surface area contributed by atoms with Crippen molar-refractivity contribution in [2.75, 3.05) is 7.11 Å². The monoisotopic (exact) mass is 318 g/mol. The summed E-state index contributed by atoms with van der Waals surface area (Å²) in [4.78, 5) is 0.0716. The van der Waals surface area contributed by atoms with Crippen LogP contribution in [-0.2, 0) is 10.0 Å². The summed E-state index contributed by atoms with van der Waals surface area (Å²) in [7, 11) is -2.21. The number of halogens is 1. The Balaban J connectivity index is 2.20. The summed E-state index contributed by atoms with van der Waals surface area (Å²) in [6.07, 6.45) is 3.17. The molecule has 0 saturated heterocycles. The molecular weight excluding hydrogens is 300 g/mol. The molecule has 112 valence electrons. The van der Waals surface area contributed by atoms with Crippen molar-refractivity contribution in [3.05, 3.63) is 23.2 Å². The molecule has 1 aliphatic carbocycles. The highest BCUT2D eigenvalue weighted by Crippen LogP contribution is 2.28. The Morgan fingerprint density at radius 1 is 1.30 bits per heavy atom. The highest BCUT2D eigenvalue weighted by atomic mass is 35.5. The van der Waals surface area contributed by atoms with Crippen molar-refractivity contribution >= 4 is 21.6 Å². The molecule has 1 saturated carbocycles. The van der Waals surface area contributed by atoms with Crippen LogP contribution in [-0.4, -0.2) is 27.6 Å². The van der Waals surface area contributed by atoms with Crippen molar-refractivity contribution < 1.29 is 13.2 Å². The van der Waals surface area contributed by atoms with Crippen LogP contribution in [0.5, 0.6) is 5.75 Å². The molecule has 0 aliphatic heterocycles. The molecular formula is C13H19ClN2O3S. The van der Waals surface area contributed by atoms with Gasteiger partial charge in [0.05, 0.1) is 7.11 Å². The summed E-state index contributed by atoms with van der Waals surface area (Å²) in [5.41, 5.74) is 5.82. The van der Waals surface area contributed by atoms with Gasteiger partial charge in [0.15, 0.2) is 0 Å². The van der Waals surface area contributed by atoms with E-state index in [2.05, 4.69) is 4.72 Å². The molecule has 1 fully saturated rings. The molecule has 0 bridgehead atoms. The lowest BCUT2D eigenvalue weighted by Crippen LogP contribution is -2.40. The van der Waals surface area contributed by atoms with E-state index in [1.54, 1.807) is 12.1 Å². The Bertz CT molecular complexity index is 569. The van der Waals surface area contributed by atoms with Gasteiger partial charge in [0.1, 0.15) is 10.6 Å². The summed E-state index contributed by atoms with van der Waals surface area (Å²) >= 11 is 5.88. The largest absolute Gasteiger partial charge is 0.495 e. The molecule has 2 rings (SSSR count). The van der Waals surface area contributed by atoms with Crippen molar-refractivity contribution in [1.29, 1.82) is 0 Å². The third-order valence-corrected chi connectivity index (χ3v) is 5.29. The zero-order valence-corrected chi connectivity index (χ0v) is 12.9. The van der Waals surface area contributed by atoms with E-state index < -0.39 is 10.0 Å². The van der Waals surface area contributed by atoms with Gasteiger partial charge in [-0.25, -0.2) is 13.1 Å². The summed E-state index contributed by atoms with van der Waals surface area (Å²) in [6, 6.07) is 4.64. The Morgan fingerprint density at radius 2 is 1.95 bits per heavy atom. The number of ether oxygens (including phenoxy) is 1. The summed E-state index contributed by atoms with van der Waals surface area (Å²) in [5.74, 6) is 0.286. The zero-order valence-electron chi connectivity index (χ0n) is 11.3. The van der Waals surface area contributed by atoms with E-state index in [4.69, 9.17) is 22.1 Å². The van der Waals surface area contributed by atoms with Crippen molar-refractivity contribution in [1.82, 2.24) is 4.72 Å². The average Bonchev–Trinajstić information content (AvgIpc) is 2.41. The second kappa shape index (κ2) is 6.30. The van der Waals surface area contributed by atoms with Crippen molar-refractivity contribution in [2.45, 2.75) is 42.7 Å². The standard InChI is InChI=1S/C13H19ClN2O3S/c1-19-12-7-2-9(14)8-13(12)20(17,18)16-11-5-3-10(15)4-6-11/h2,7-8,10-11,16H,3-6,15H2,1H3. The third-order valence-electron chi connectivity index (χ3n) is 3.51. The third kappa shape index (κ3) is 3.63. The predicted octanol–water partition coefficient (Wildman–Crippen LogP) is 1.90. The maximum absolute atomic E-state index is 12.4. The van der Waals surface area contributed by atoms with Crippen LogP contribution in [0, 0.1) is 0 Å². The number of nitrogens with two attached hydrogens (primary N) is 1. The summed E-state index contributed by atoms with van der Waals surface area (Å²) in [6.45, 7) is 0. The number of hydrogen-bond donors (Lipinski definition) is 2. The van der Waals surface area contributed by atoms with E-state index >= 15 is 0 Å². The molecule has 0 amide bonds. The van der Waals surface area contributed by atoms with Crippen molar-refractivity contribution in [3.63, 3.8) is 0 Å². The molecule has 1 aromatic rings. The van der Waals surface area contributed by atoms with Gasteiger partial charge in [0.25, 0.3) is 0 Å². The molecule has 3 N–H and O–H groups in total. The van der Waals surface area contributed by atoms with E-state index in [0.29, 0.717) is 5.02 Å². The molecule has 1 aromatic carbocycles. The molecule has 0 unspecified atom stereocenters. The zero-order chi connectivity index (χ0) is 14.8. The Morgan fingerprint density at radius 3 is 2.55 bits per heavy atom. The first-order valence-electron chi connectivity index (χ1n) is 6.54. The first-order valence-corrected chi connectivity index (χ1v) is 8.40. The Kier molecular flexibility index (Phi) is 4.90. The second-order valence-electron chi connectivity index (χ2n) is 5.03. The summed E-state index contributed by atoms with van der Waals surface area (Å²) < 4.78 is 32.7. The predicted molar refractivity (Wildman–Crippen MR) is 78.6 cm³/mol. The fraction of sp³-hybridized carbons (Fsp3) is 0.538. The topological polar surface area (TPSA) is 81.4 Å². The average molecular weight is 319 g/mol. The van der Waals surface area contributed by atoms with Gasteiger partial charge in [-0.15, -0.1) is 0 Å². The highest BCUT2D eigenvalue weighted by molar-refractivity contribution is 7.89. The van der Waals surface area contributed by atoms with Crippen LogP contribution in [0.15, 0.2) is 23.1 Å². The maximum Gasteiger partial charge on any atom is 0.244 e. The fourth-order valence-corrected chi connectivity index (χ4v) is 4.12. The van der Waals surface area contributed by atoms with Crippen LogP contribution in [0.1, 0.15) is 25.7 Å². The summed E-state index contributed by atoms with van der Waals surface area (Å²) in [5, 5.41) is 0.358. The van der Waals surface area contributed by atoms with Crippen LogP contribution in [0.4, 0.5) is 0 Å². The lowest BCUT2D eigenvalue weighted by atomic mass is 9.93. The number of sulfonamides is 1. The first-order chi connectivity index (χ1) is 9.42. The Hall–Kier alpha value is -0.820. The van der Waals surface area contributed by atoms with Crippen LogP contribution in [0.2, 0.25) is 5.02 Å². The fourth-order valence-electron chi connectivity index (χ4n) is 2.38. The van der Waals surface area contributed by atoms with Gasteiger partial charge in [-0.3, -0.25) is 0 Å². The van der Waals surface area contributed by atoms with Gasteiger partial charge in [0.2, 0.25) is 10.0 Å². The van der Waals surface area contributed by atoms with E-state index in [1.165, 1.54) is 13.2 Å². The quantitative estimate of drug-likeness (QED) is 0.888.